The Morgan fingerprint density at radius 2 is 2.00 bits per heavy atom. The number of piperidine rings is 3. The van der Waals surface area contributed by atoms with Crippen LogP contribution in [0.1, 0.15) is 23.2 Å². The smallest absolute Gasteiger partial charge is 0.339 e. The number of halogens is 2. The Balaban J connectivity index is 1.71. The quantitative estimate of drug-likeness (QED) is 0.785. The van der Waals surface area contributed by atoms with Crippen molar-refractivity contribution >= 4 is 29.2 Å². The highest BCUT2D eigenvalue weighted by molar-refractivity contribution is 6.36. The second-order valence-corrected chi connectivity index (χ2v) is 6.05. The Morgan fingerprint density at radius 1 is 1.26 bits per heavy atom. The van der Waals surface area contributed by atoms with E-state index in [0.29, 0.717) is 21.5 Å². The van der Waals surface area contributed by atoms with E-state index in [1.54, 1.807) is 18.2 Å². The first-order valence-electron chi connectivity index (χ1n) is 6.52. The molecule has 0 spiro atoms. The standard InChI is InChI=1S/C14H15Cl2NO2/c15-10-1-2-11(12(16)7-10)14(18)19-13-8-17-5-3-9(13)4-6-17/h1-2,7,9,13H,3-6,8H2. The minimum absolute atomic E-state index is 0.00162. The molecule has 1 aromatic rings. The largest absolute Gasteiger partial charge is 0.457 e. The maximum atomic E-state index is 12.2. The Hall–Kier alpha value is -0.770. The molecule has 4 rings (SSSR count). The lowest BCUT2D eigenvalue weighted by Gasteiger charge is -2.43. The van der Waals surface area contributed by atoms with Gasteiger partial charge < -0.3 is 4.74 Å². The molecule has 5 heteroatoms. The SMILES string of the molecule is O=C(OC1CN2CCC1CC2)c1ccc(Cl)cc1Cl. The molecule has 19 heavy (non-hydrogen) atoms. The molecule has 2 bridgehead atoms. The summed E-state index contributed by atoms with van der Waals surface area (Å²) < 4.78 is 5.62. The Labute approximate surface area is 122 Å². The van der Waals surface area contributed by atoms with Crippen LogP contribution in [0.3, 0.4) is 0 Å². The van der Waals surface area contributed by atoms with Crippen molar-refractivity contribution in [3.05, 3.63) is 33.8 Å². The average molecular weight is 300 g/mol. The highest BCUT2D eigenvalue weighted by atomic mass is 35.5. The van der Waals surface area contributed by atoms with Crippen LogP contribution < -0.4 is 0 Å². The van der Waals surface area contributed by atoms with Gasteiger partial charge in [0.1, 0.15) is 6.10 Å². The van der Waals surface area contributed by atoms with Crippen LogP contribution >= 0.6 is 23.2 Å². The van der Waals surface area contributed by atoms with Gasteiger partial charge in [-0.2, -0.15) is 0 Å². The molecule has 0 aliphatic carbocycles. The third-order valence-electron chi connectivity index (χ3n) is 4.01. The van der Waals surface area contributed by atoms with Gasteiger partial charge in [-0.25, -0.2) is 4.79 Å². The average Bonchev–Trinajstić information content (AvgIpc) is 2.39. The topological polar surface area (TPSA) is 29.5 Å². The Kier molecular flexibility index (Phi) is 3.70. The zero-order valence-electron chi connectivity index (χ0n) is 10.4. The van der Waals surface area contributed by atoms with Gasteiger partial charge in [-0.3, -0.25) is 4.90 Å². The lowest BCUT2D eigenvalue weighted by molar-refractivity contribution is -0.0455. The number of carbonyl (C=O) groups excluding carboxylic acids is 1. The highest BCUT2D eigenvalue weighted by Gasteiger charge is 2.36. The molecule has 1 unspecified atom stereocenters. The molecule has 3 aliphatic rings. The lowest BCUT2D eigenvalue weighted by atomic mass is 9.86. The number of ether oxygens (including phenoxy) is 1. The van der Waals surface area contributed by atoms with Gasteiger partial charge in [0.2, 0.25) is 0 Å². The first-order chi connectivity index (χ1) is 9.13. The lowest BCUT2D eigenvalue weighted by Crippen LogP contribution is -2.51. The molecule has 0 aromatic heterocycles. The number of carbonyl (C=O) groups is 1. The number of hydrogen-bond acceptors (Lipinski definition) is 3. The summed E-state index contributed by atoms with van der Waals surface area (Å²) in [5.74, 6) is 0.153. The molecular weight excluding hydrogens is 285 g/mol. The fourth-order valence-electron chi connectivity index (χ4n) is 2.90. The molecule has 3 nitrogen and oxygen atoms in total. The number of esters is 1. The number of hydrogen-bond donors (Lipinski definition) is 0. The van der Waals surface area contributed by atoms with E-state index in [9.17, 15) is 4.79 Å². The van der Waals surface area contributed by atoms with Crippen molar-refractivity contribution in [2.75, 3.05) is 19.6 Å². The van der Waals surface area contributed by atoms with Crippen molar-refractivity contribution < 1.29 is 9.53 Å². The summed E-state index contributed by atoms with van der Waals surface area (Å²) in [6.07, 6.45) is 2.24. The number of rotatable bonds is 2. The van der Waals surface area contributed by atoms with Gasteiger partial charge in [-0.1, -0.05) is 23.2 Å². The van der Waals surface area contributed by atoms with Crippen molar-refractivity contribution in [1.82, 2.24) is 4.90 Å². The van der Waals surface area contributed by atoms with Gasteiger partial charge in [0.05, 0.1) is 10.6 Å². The third-order valence-corrected chi connectivity index (χ3v) is 4.55. The van der Waals surface area contributed by atoms with Crippen molar-refractivity contribution in [1.29, 1.82) is 0 Å². The van der Waals surface area contributed by atoms with Crippen molar-refractivity contribution in [3.8, 4) is 0 Å². The Morgan fingerprint density at radius 3 is 2.58 bits per heavy atom. The summed E-state index contributed by atoms with van der Waals surface area (Å²) in [4.78, 5) is 14.5. The fourth-order valence-corrected chi connectivity index (χ4v) is 3.39. The van der Waals surface area contributed by atoms with E-state index in [2.05, 4.69) is 4.90 Å². The minimum Gasteiger partial charge on any atom is -0.457 e. The molecule has 3 aliphatic heterocycles. The van der Waals surface area contributed by atoms with Gasteiger partial charge in [0.15, 0.2) is 0 Å². The molecule has 102 valence electrons. The van der Waals surface area contributed by atoms with Crippen LogP contribution in [0.5, 0.6) is 0 Å². The Bertz CT molecular complexity index is 498. The zero-order valence-corrected chi connectivity index (χ0v) is 12.0. The number of nitrogens with zero attached hydrogens (tertiary/aromatic N) is 1. The molecular formula is C14H15Cl2NO2. The number of benzene rings is 1. The van der Waals surface area contributed by atoms with Gasteiger partial charge >= 0.3 is 5.97 Å². The minimum atomic E-state index is -0.347. The highest BCUT2D eigenvalue weighted by Crippen LogP contribution is 2.31. The molecule has 1 aromatic carbocycles. The molecule has 0 radical (unpaired) electrons. The number of fused-ring (bicyclic) bond motifs is 3. The van der Waals surface area contributed by atoms with Crippen molar-refractivity contribution in [3.63, 3.8) is 0 Å². The summed E-state index contributed by atoms with van der Waals surface area (Å²) in [7, 11) is 0. The molecule has 0 amide bonds. The predicted molar refractivity (Wildman–Crippen MR) is 74.8 cm³/mol. The second-order valence-electron chi connectivity index (χ2n) is 5.21. The van der Waals surface area contributed by atoms with Gasteiger partial charge in [-0.05, 0) is 50.0 Å². The van der Waals surface area contributed by atoms with Crippen LogP contribution in [0.4, 0.5) is 0 Å². The van der Waals surface area contributed by atoms with Gasteiger partial charge in [-0.15, -0.1) is 0 Å². The van der Waals surface area contributed by atoms with E-state index in [-0.39, 0.29) is 12.1 Å². The predicted octanol–water partition coefficient (Wildman–Crippen LogP) is 3.24. The zero-order chi connectivity index (χ0) is 13.4. The third kappa shape index (κ3) is 2.73. The second kappa shape index (κ2) is 5.31. The van der Waals surface area contributed by atoms with Crippen LogP contribution in [-0.4, -0.2) is 36.6 Å². The van der Waals surface area contributed by atoms with Crippen LogP contribution in [0, 0.1) is 5.92 Å². The first-order valence-corrected chi connectivity index (χ1v) is 7.27. The summed E-state index contributed by atoms with van der Waals surface area (Å²) in [6, 6.07) is 4.84. The molecule has 1 atom stereocenters. The summed E-state index contributed by atoms with van der Waals surface area (Å²) in [5.41, 5.74) is 0.391. The molecule has 3 fully saturated rings. The normalized spacial score (nSPS) is 29.3. The summed E-state index contributed by atoms with van der Waals surface area (Å²) in [5, 5.41) is 0.864. The summed E-state index contributed by atoms with van der Waals surface area (Å²) >= 11 is 11.8. The van der Waals surface area contributed by atoms with E-state index in [1.807, 2.05) is 0 Å². The molecule has 3 heterocycles. The molecule has 0 N–H and O–H groups in total. The molecule has 0 saturated carbocycles. The van der Waals surface area contributed by atoms with E-state index in [1.165, 1.54) is 0 Å². The van der Waals surface area contributed by atoms with Crippen LogP contribution in [0.25, 0.3) is 0 Å². The maximum absolute atomic E-state index is 12.2. The van der Waals surface area contributed by atoms with E-state index in [4.69, 9.17) is 27.9 Å². The van der Waals surface area contributed by atoms with Crippen LogP contribution in [-0.2, 0) is 4.74 Å². The molecule has 3 saturated heterocycles. The van der Waals surface area contributed by atoms with Gasteiger partial charge in [0.25, 0.3) is 0 Å². The monoisotopic (exact) mass is 299 g/mol. The first kappa shape index (κ1) is 13.2. The van der Waals surface area contributed by atoms with Crippen molar-refractivity contribution in [2.24, 2.45) is 5.92 Å². The van der Waals surface area contributed by atoms with E-state index in [0.717, 1.165) is 32.5 Å². The maximum Gasteiger partial charge on any atom is 0.339 e. The van der Waals surface area contributed by atoms with Crippen LogP contribution in [0.15, 0.2) is 18.2 Å². The van der Waals surface area contributed by atoms with Gasteiger partial charge in [0, 0.05) is 11.6 Å². The van der Waals surface area contributed by atoms with E-state index < -0.39 is 0 Å². The summed E-state index contributed by atoms with van der Waals surface area (Å²) in [6.45, 7) is 3.10. The van der Waals surface area contributed by atoms with E-state index >= 15 is 0 Å². The van der Waals surface area contributed by atoms with Crippen LogP contribution in [0.2, 0.25) is 10.0 Å². The van der Waals surface area contributed by atoms with Crippen molar-refractivity contribution in [2.45, 2.75) is 18.9 Å². The fraction of sp³-hybridized carbons (Fsp3) is 0.500.